The smallest absolute Gasteiger partial charge is 0.243 e. The number of amides is 1. The first-order valence-electron chi connectivity index (χ1n) is 6.32. The van der Waals surface area contributed by atoms with Gasteiger partial charge in [0.2, 0.25) is 5.91 Å². The van der Waals surface area contributed by atoms with Gasteiger partial charge in [0.25, 0.3) is 0 Å². The van der Waals surface area contributed by atoms with E-state index in [2.05, 4.69) is 16.2 Å². The second kappa shape index (κ2) is 4.66. The van der Waals surface area contributed by atoms with Gasteiger partial charge >= 0.3 is 0 Å². The van der Waals surface area contributed by atoms with Crippen molar-refractivity contribution in [2.45, 2.75) is 31.3 Å². The molecule has 0 spiro atoms. The maximum atomic E-state index is 13.5. The second-order valence-corrected chi connectivity index (χ2v) is 4.94. The lowest BCUT2D eigenvalue weighted by Gasteiger charge is -2.16. The summed E-state index contributed by atoms with van der Waals surface area (Å²) in [5.74, 6) is -0.251. The SMILES string of the molecule is O=C(Nc1ccccc1F)C1NNC2CCCC21. The summed E-state index contributed by atoms with van der Waals surface area (Å²) in [5.41, 5.74) is 6.40. The first kappa shape index (κ1) is 11.6. The lowest BCUT2D eigenvalue weighted by atomic mass is 9.96. The first-order chi connectivity index (χ1) is 8.75. The van der Waals surface area contributed by atoms with Gasteiger partial charge in [-0.2, -0.15) is 0 Å². The van der Waals surface area contributed by atoms with Crippen LogP contribution in [0.4, 0.5) is 10.1 Å². The molecule has 96 valence electrons. The van der Waals surface area contributed by atoms with Crippen LogP contribution < -0.4 is 16.2 Å². The molecule has 5 heteroatoms. The standard InChI is InChI=1S/C13H16FN3O/c14-9-5-1-2-6-11(9)15-13(18)12-8-4-3-7-10(8)16-17-12/h1-2,5-6,8,10,12,16-17H,3-4,7H2,(H,15,18). The van der Waals surface area contributed by atoms with Crippen LogP contribution >= 0.6 is 0 Å². The second-order valence-electron chi connectivity index (χ2n) is 4.94. The van der Waals surface area contributed by atoms with E-state index in [0.717, 1.165) is 19.3 Å². The number of hydrogen-bond acceptors (Lipinski definition) is 3. The van der Waals surface area contributed by atoms with Gasteiger partial charge in [-0.25, -0.2) is 9.82 Å². The lowest BCUT2D eigenvalue weighted by Crippen LogP contribution is -2.42. The molecule has 1 saturated carbocycles. The summed E-state index contributed by atoms with van der Waals surface area (Å²) < 4.78 is 13.5. The van der Waals surface area contributed by atoms with E-state index in [1.165, 1.54) is 6.07 Å². The predicted octanol–water partition coefficient (Wildman–Crippen LogP) is 1.41. The molecule has 4 nitrogen and oxygen atoms in total. The van der Waals surface area contributed by atoms with E-state index in [1.54, 1.807) is 18.2 Å². The fourth-order valence-electron chi connectivity index (χ4n) is 2.90. The van der Waals surface area contributed by atoms with E-state index < -0.39 is 5.82 Å². The number of anilines is 1. The van der Waals surface area contributed by atoms with Crippen molar-refractivity contribution in [3.63, 3.8) is 0 Å². The quantitative estimate of drug-likeness (QED) is 0.743. The number of hydrogen-bond donors (Lipinski definition) is 3. The minimum atomic E-state index is -0.403. The Labute approximate surface area is 105 Å². The van der Waals surface area contributed by atoms with Crippen LogP contribution in [0.5, 0.6) is 0 Å². The van der Waals surface area contributed by atoms with Gasteiger partial charge < -0.3 is 5.32 Å². The fraction of sp³-hybridized carbons (Fsp3) is 0.462. The van der Waals surface area contributed by atoms with E-state index in [9.17, 15) is 9.18 Å². The molecular weight excluding hydrogens is 233 g/mol. The number of fused-ring (bicyclic) bond motifs is 1. The molecule has 1 heterocycles. The Kier molecular flexibility index (Phi) is 3.01. The van der Waals surface area contributed by atoms with Crippen LogP contribution in [0.1, 0.15) is 19.3 Å². The molecular formula is C13H16FN3O. The van der Waals surface area contributed by atoms with Gasteiger partial charge in [0.15, 0.2) is 0 Å². The molecule has 1 aliphatic carbocycles. The third-order valence-corrected chi connectivity index (χ3v) is 3.84. The zero-order valence-electron chi connectivity index (χ0n) is 9.95. The van der Waals surface area contributed by atoms with Gasteiger partial charge in [0, 0.05) is 12.0 Å². The van der Waals surface area contributed by atoms with Gasteiger partial charge in [0.1, 0.15) is 11.9 Å². The summed E-state index contributed by atoms with van der Waals surface area (Å²) in [5, 5.41) is 2.65. The molecule has 18 heavy (non-hydrogen) atoms. The Hall–Kier alpha value is -1.46. The monoisotopic (exact) mass is 249 g/mol. The van der Waals surface area contributed by atoms with Crippen molar-refractivity contribution in [3.8, 4) is 0 Å². The Morgan fingerprint density at radius 1 is 1.28 bits per heavy atom. The van der Waals surface area contributed by atoms with Crippen molar-refractivity contribution in [3.05, 3.63) is 30.1 Å². The predicted molar refractivity (Wildman–Crippen MR) is 66.2 cm³/mol. The third kappa shape index (κ3) is 2.00. The number of rotatable bonds is 2. The molecule has 3 unspecified atom stereocenters. The minimum absolute atomic E-state index is 0.165. The van der Waals surface area contributed by atoms with E-state index in [1.807, 2.05) is 0 Å². The van der Waals surface area contributed by atoms with Crippen molar-refractivity contribution < 1.29 is 9.18 Å². The zero-order chi connectivity index (χ0) is 12.5. The van der Waals surface area contributed by atoms with Crippen molar-refractivity contribution in [2.24, 2.45) is 5.92 Å². The molecule has 1 amide bonds. The molecule has 1 aromatic rings. The highest BCUT2D eigenvalue weighted by Crippen LogP contribution is 2.32. The van der Waals surface area contributed by atoms with Gasteiger partial charge in [-0.1, -0.05) is 18.6 Å². The summed E-state index contributed by atoms with van der Waals surface area (Å²) in [4.78, 5) is 12.1. The molecule has 0 bridgehead atoms. The molecule has 0 aromatic heterocycles. The topological polar surface area (TPSA) is 53.2 Å². The Balaban J connectivity index is 1.70. The summed E-state index contributed by atoms with van der Waals surface area (Å²) in [7, 11) is 0. The summed E-state index contributed by atoms with van der Waals surface area (Å²) in [6, 6.07) is 6.33. The van der Waals surface area contributed by atoms with Gasteiger partial charge in [0.05, 0.1) is 5.69 Å². The maximum Gasteiger partial charge on any atom is 0.243 e. The summed E-state index contributed by atoms with van der Waals surface area (Å²) in [6.45, 7) is 0. The first-order valence-corrected chi connectivity index (χ1v) is 6.32. The van der Waals surface area contributed by atoms with Crippen molar-refractivity contribution in [1.82, 2.24) is 10.9 Å². The highest BCUT2D eigenvalue weighted by atomic mass is 19.1. The molecule has 0 radical (unpaired) electrons. The van der Waals surface area contributed by atoms with Crippen LogP contribution in [0, 0.1) is 11.7 Å². The number of hydrazine groups is 1. The molecule has 1 saturated heterocycles. The average Bonchev–Trinajstić information content (AvgIpc) is 2.93. The molecule has 1 aromatic carbocycles. The van der Waals surface area contributed by atoms with Crippen LogP contribution in [0.15, 0.2) is 24.3 Å². The number of carbonyl (C=O) groups excluding carboxylic acids is 1. The summed E-state index contributed by atoms with van der Waals surface area (Å²) in [6.07, 6.45) is 3.29. The highest BCUT2D eigenvalue weighted by molar-refractivity contribution is 5.95. The fourth-order valence-corrected chi connectivity index (χ4v) is 2.90. The van der Waals surface area contributed by atoms with Crippen molar-refractivity contribution in [1.29, 1.82) is 0 Å². The van der Waals surface area contributed by atoms with Crippen LogP contribution in [0.3, 0.4) is 0 Å². The molecule has 1 aliphatic heterocycles. The molecule has 2 aliphatic rings. The van der Waals surface area contributed by atoms with Crippen molar-refractivity contribution >= 4 is 11.6 Å². The van der Waals surface area contributed by atoms with Gasteiger partial charge in [-0.05, 0) is 25.0 Å². The number of para-hydroxylation sites is 1. The number of carbonyl (C=O) groups is 1. The third-order valence-electron chi connectivity index (χ3n) is 3.84. The molecule has 3 N–H and O–H groups in total. The Morgan fingerprint density at radius 3 is 2.94 bits per heavy atom. The highest BCUT2D eigenvalue weighted by Gasteiger charge is 2.42. The van der Waals surface area contributed by atoms with Gasteiger partial charge in [-0.15, -0.1) is 0 Å². The van der Waals surface area contributed by atoms with Crippen LogP contribution in [0.25, 0.3) is 0 Å². The minimum Gasteiger partial charge on any atom is -0.322 e. The van der Waals surface area contributed by atoms with Gasteiger partial charge in [-0.3, -0.25) is 10.2 Å². The number of nitrogens with one attached hydrogen (secondary N) is 3. The largest absolute Gasteiger partial charge is 0.322 e. The number of halogens is 1. The average molecular weight is 249 g/mol. The van der Waals surface area contributed by atoms with Crippen molar-refractivity contribution in [2.75, 3.05) is 5.32 Å². The van der Waals surface area contributed by atoms with E-state index in [0.29, 0.717) is 12.0 Å². The Morgan fingerprint density at radius 2 is 2.11 bits per heavy atom. The maximum absolute atomic E-state index is 13.5. The normalized spacial score (nSPS) is 30.2. The summed E-state index contributed by atoms with van der Waals surface area (Å²) >= 11 is 0. The van der Waals surface area contributed by atoms with E-state index >= 15 is 0 Å². The molecule has 2 fully saturated rings. The van der Waals surface area contributed by atoms with Crippen LogP contribution in [-0.2, 0) is 4.79 Å². The molecule has 3 rings (SSSR count). The van der Waals surface area contributed by atoms with Crippen LogP contribution in [0.2, 0.25) is 0 Å². The van der Waals surface area contributed by atoms with E-state index in [4.69, 9.17) is 0 Å². The molecule has 3 atom stereocenters. The van der Waals surface area contributed by atoms with E-state index in [-0.39, 0.29) is 17.6 Å². The van der Waals surface area contributed by atoms with Crippen LogP contribution in [-0.4, -0.2) is 18.0 Å². The number of benzene rings is 1. The Bertz CT molecular complexity index is 465. The zero-order valence-corrected chi connectivity index (χ0v) is 9.95. The lowest BCUT2D eigenvalue weighted by molar-refractivity contribution is -0.118.